The molecule has 0 aromatic heterocycles. The number of carboxylic acids is 1. The molecule has 3 heteroatoms. The molecule has 1 aliphatic rings. The smallest absolute Gasteiger partial charge is 0.306 e. The molecule has 0 aliphatic heterocycles. The standard InChI is InChI=1S/C13H24O3/c1-8-5-11(14)10(13(3,4)7-8)6-9(2)12(15)16/h8-11,14H,5-7H2,1-4H3,(H,15,16). The average molecular weight is 228 g/mol. The fraction of sp³-hybridized carbons (Fsp3) is 0.923. The Morgan fingerprint density at radius 2 is 2.06 bits per heavy atom. The summed E-state index contributed by atoms with van der Waals surface area (Å²) in [6, 6.07) is 0. The third-order valence-electron chi connectivity index (χ3n) is 4.02. The van der Waals surface area contributed by atoms with Crippen LogP contribution in [0.5, 0.6) is 0 Å². The molecule has 0 heterocycles. The molecule has 3 nitrogen and oxygen atoms in total. The van der Waals surface area contributed by atoms with E-state index in [1.54, 1.807) is 6.92 Å². The Kier molecular flexibility index (Phi) is 4.00. The van der Waals surface area contributed by atoms with Gasteiger partial charge in [-0.2, -0.15) is 0 Å². The number of hydrogen-bond donors (Lipinski definition) is 2. The van der Waals surface area contributed by atoms with Crippen molar-refractivity contribution in [2.75, 3.05) is 0 Å². The summed E-state index contributed by atoms with van der Waals surface area (Å²) in [6.07, 6.45) is 2.11. The molecule has 2 N–H and O–H groups in total. The highest BCUT2D eigenvalue weighted by molar-refractivity contribution is 5.69. The zero-order chi connectivity index (χ0) is 12.5. The van der Waals surface area contributed by atoms with Crippen LogP contribution in [0.2, 0.25) is 0 Å². The molecule has 94 valence electrons. The van der Waals surface area contributed by atoms with Gasteiger partial charge in [0.25, 0.3) is 0 Å². The fourth-order valence-electron chi connectivity index (χ4n) is 3.19. The van der Waals surface area contributed by atoms with Gasteiger partial charge >= 0.3 is 5.97 Å². The highest BCUT2D eigenvalue weighted by atomic mass is 16.4. The van der Waals surface area contributed by atoms with E-state index in [9.17, 15) is 9.90 Å². The van der Waals surface area contributed by atoms with Crippen molar-refractivity contribution in [3.63, 3.8) is 0 Å². The van der Waals surface area contributed by atoms with Gasteiger partial charge in [-0.3, -0.25) is 4.79 Å². The minimum Gasteiger partial charge on any atom is -0.481 e. The van der Waals surface area contributed by atoms with Gasteiger partial charge in [-0.15, -0.1) is 0 Å². The minimum absolute atomic E-state index is 0.0425. The molecule has 1 rings (SSSR count). The molecule has 1 fully saturated rings. The maximum Gasteiger partial charge on any atom is 0.306 e. The van der Waals surface area contributed by atoms with Gasteiger partial charge in [-0.1, -0.05) is 27.7 Å². The van der Waals surface area contributed by atoms with Crippen molar-refractivity contribution in [3.8, 4) is 0 Å². The first-order valence-corrected chi connectivity index (χ1v) is 6.15. The summed E-state index contributed by atoms with van der Waals surface area (Å²) in [7, 11) is 0. The maximum atomic E-state index is 10.9. The average Bonchev–Trinajstić information content (AvgIpc) is 2.09. The number of aliphatic hydroxyl groups excluding tert-OH is 1. The van der Waals surface area contributed by atoms with Crippen molar-refractivity contribution >= 4 is 5.97 Å². The Labute approximate surface area is 97.9 Å². The van der Waals surface area contributed by atoms with E-state index in [1.165, 1.54) is 0 Å². The predicted molar refractivity (Wildman–Crippen MR) is 63.1 cm³/mol. The second kappa shape index (κ2) is 4.74. The highest BCUT2D eigenvalue weighted by Gasteiger charge is 2.41. The zero-order valence-corrected chi connectivity index (χ0v) is 10.7. The number of hydrogen-bond acceptors (Lipinski definition) is 2. The number of aliphatic hydroxyl groups is 1. The molecule has 1 saturated carbocycles. The minimum atomic E-state index is -0.762. The monoisotopic (exact) mass is 228 g/mol. The first kappa shape index (κ1) is 13.5. The molecular weight excluding hydrogens is 204 g/mol. The van der Waals surface area contributed by atoms with Gasteiger partial charge in [0.15, 0.2) is 0 Å². The van der Waals surface area contributed by atoms with Crippen molar-refractivity contribution in [1.82, 2.24) is 0 Å². The van der Waals surface area contributed by atoms with Crippen LogP contribution in [0.15, 0.2) is 0 Å². The molecule has 0 bridgehead atoms. The van der Waals surface area contributed by atoms with E-state index < -0.39 is 5.97 Å². The number of carbonyl (C=O) groups is 1. The molecule has 1 aliphatic carbocycles. The van der Waals surface area contributed by atoms with Gasteiger partial charge < -0.3 is 10.2 Å². The third kappa shape index (κ3) is 2.97. The van der Waals surface area contributed by atoms with Crippen molar-refractivity contribution in [1.29, 1.82) is 0 Å². The van der Waals surface area contributed by atoms with Crippen molar-refractivity contribution in [2.24, 2.45) is 23.2 Å². The van der Waals surface area contributed by atoms with Crippen LogP contribution in [-0.2, 0) is 4.79 Å². The van der Waals surface area contributed by atoms with Crippen molar-refractivity contribution in [2.45, 2.75) is 53.1 Å². The lowest BCUT2D eigenvalue weighted by Gasteiger charge is -2.45. The summed E-state index contributed by atoms with van der Waals surface area (Å²) in [4.78, 5) is 10.9. The number of carboxylic acid groups (broad SMARTS) is 1. The van der Waals surface area contributed by atoms with Crippen LogP contribution in [0, 0.1) is 23.2 Å². The van der Waals surface area contributed by atoms with Gasteiger partial charge in [-0.05, 0) is 36.5 Å². The lowest BCUT2D eigenvalue weighted by Crippen LogP contribution is -2.42. The van der Waals surface area contributed by atoms with Crippen LogP contribution in [-0.4, -0.2) is 22.3 Å². The Hall–Kier alpha value is -0.570. The summed E-state index contributed by atoms with van der Waals surface area (Å²) in [6.45, 7) is 8.17. The molecule has 4 unspecified atom stereocenters. The van der Waals surface area contributed by atoms with Crippen LogP contribution in [0.4, 0.5) is 0 Å². The molecule has 16 heavy (non-hydrogen) atoms. The molecule has 0 amide bonds. The molecule has 0 radical (unpaired) electrons. The van der Waals surface area contributed by atoms with E-state index in [-0.39, 0.29) is 23.4 Å². The summed E-state index contributed by atoms with van der Waals surface area (Å²) >= 11 is 0. The van der Waals surface area contributed by atoms with E-state index in [0.717, 1.165) is 12.8 Å². The van der Waals surface area contributed by atoms with Crippen molar-refractivity contribution in [3.05, 3.63) is 0 Å². The van der Waals surface area contributed by atoms with Crippen LogP contribution in [0.25, 0.3) is 0 Å². The SMILES string of the molecule is CC1CC(O)C(CC(C)C(=O)O)C(C)(C)C1. The van der Waals surface area contributed by atoms with Gasteiger partial charge in [0.1, 0.15) is 0 Å². The topological polar surface area (TPSA) is 57.5 Å². The second-order valence-corrected chi connectivity index (χ2v) is 6.18. The van der Waals surface area contributed by atoms with E-state index in [4.69, 9.17) is 5.11 Å². The first-order valence-electron chi connectivity index (χ1n) is 6.15. The summed E-state index contributed by atoms with van der Waals surface area (Å²) in [5.74, 6) is -0.495. The lowest BCUT2D eigenvalue weighted by atomic mass is 9.62. The van der Waals surface area contributed by atoms with Gasteiger partial charge in [0, 0.05) is 0 Å². The van der Waals surface area contributed by atoms with E-state index in [0.29, 0.717) is 12.3 Å². The van der Waals surface area contributed by atoms with Gasteiger partial charge in [0.2, 0.25) is 0 Å². The van der Waals surface area contributed by atoms with Crippen LogP contribution < -0.4 is 0 Å². The second-order valence-electron chi connectivity index (χ2n) is 6.18. The Morgan fingerprint density at radius 3 is 2.50 bits per heavy atom. The molecule has 0 aromatic rings. The third-order valence-corrected chi connectivity index (χ3v) is 4.02. The first-order chi connectivity index (χ1) is 7.24. The normalized spacial score (nSPS) is 35.7. The largest absolute Gasteiger partial charge is 0.481 e. The Bertz CT molecular complexity index is 260. The lowest BCUT2D eigenvalue weighted by molar-refractivity contribution is -0.143. The van der Waals surface area contributed by atoms with Gasteiger partial charge in [0.05, 0.1) is 12.0 Å². The summed E-state index contributed by atoms with van der Waals surface area (Å²) < 4.78 is 0. The summed E-state index contributed by atoms with van der Waals surface area (Å²) in [5.41, 5.74) is 0.0425. The van der Waals surface area contributed by atoms with E-state index >= 15 is 0 Å². The molecule has 0 saturated heterocycles. The molecule has 0 spiro atoms. The maximum absolute atomic E-state index is 10.9. The zero-order valence-electron chi connectivity index (χ0n) is 10.7. The molecular formula is C13H24O3. The van der Waals surface area contributed by atoms with E-state index in [2.05, 4.69) is 20.8 Å². The van der Waals surface area contributed by atoms with Crippen LogP contribution in [0.1, 0.15) is 47.0 Å². The van der Waals surface area contributed by atoms with Crippen LogP contribution in [0.3, 0.4) is 0 Å². The molecule has 0 aromatic carbocycles. The highest BCUT2D eigenvalue weighted by Crippen LogP contribution is 2.45. The summed E-state index contributed by atoms with van der Waals surface area (Å²) in [5, 5.41) is 19.1. The predicted octanol–water partition coefficient (Wildman–Crippen LogP) is 2.53. The van der Waals surface area contributed by atoms with E-state index in [1.807, 2.05) is 0 Å². The Morgan fingerprint density at radius 1 is 1.50 bits per heavy atom. The van der Waals surface area contributed by atoms with Crippen LogP contribution >= 0.6 is 0 Å². The van der Waals surface area contributed by atoms with Gasteiger partial charge in [-0.25, -0.2) is 0 Å². The van der Waals surface area contributed by atoms with Crippen molar-refractivity contribution < 1.29 is 15.0 Å². The molecule has 4 atom stereocenters. The number of rotatable bonds is 3. The quantitative estimate of drug-likeness (QED) is 0.780. The fourth-order valence-corrected chi connectivity index (χ4v) is 3.19. The number of aliphatic carboxylic acids is 1. The Balaban J connectivity index is 2.73.